The zero-order valence-corrected chi connectivity index (χ0v) is 21.2. The normalized spacial score (nSPS) is 15.3. The van der Waals surface area contributed by atoms with Crippen LogP contribution < -0.4 is 21.3 Å². The van der Waals surface area contributed by atoms with Crippen LogP contribution in [0.25, 0.3) is 0 Å². The number of benzene rings is 2. The molecule has 0 radical (unpaired) electrons. The van der Waals surface area contributed by atoms with Crippen molar-refractivity contribution in [3.63, 3.8) is 0 Å². The Morgan fingerprint density at radius 2 is 1.50 bits per heavy atom. The fourth-order valence-electron chi connectivity index (χ4n) is 4.15. The Kier molecular flexibility index (Phi) is 6.05. The van der Waals surface area contributed by atoms with Crippen LogP contribution >= 0.6 is 0 Å². The molecular formula is C27H33N4O3-. The summed E-state index contributed by atoms with van der Waals surface area (Å²) in [6.07, 6.45) is -1.64. The van der Waals surface area contributed by atoms with Gasteiger partial charge in [0.05, 0.1) is 11.6 Å². The number of ether oxygens (including phenoxy) is 1. The number of hydrogen-bond acceptors (Lipinski definition) is 4. The standard InChI is InChI=1S/C27H33N4O3/c1-25(2,3)14-9-16(20(32)13-28)21-18(11-14)27(7,8)19-12-15(26(4,5)6)10-17(22(19)34-21)23(33)31-24(29)30/h9-12,20H,1-8H3,(H4,29,30,31,33)/q-1. The van der Waals surface area contributed by atoms with Crippen LogP contribution in [0.4, 0.5) is 0 Å². The van der Waals surface area contributed by atoms with Crippen LogP contribution in [0.2, 0.25) is 0 Å². The second-order valence-electron chi connectivity index (χ2n) is 11.4. The van der Waals surface area contributed by atoms with Crippen LogP contribution in [0.1, 0.15) is 99.7 Å². The molecule has 0 saturated carbocycles. The summed E-state index contributed by atoms with van der Waals surface area (Å²) in [6.45, 7) is 16.4. The van der Waals surface area contributed by atoms with Crippen molar-refractivity contribution in [3.8, 4) is 17.6 Å². The summed E-state index contributed by atoms with van der Waals surface area (Å²) in [5, 5.41) is 22.2. The van der Waals surface area contributed by atoms with Crippen LogP contribution in [0.3, 0.4) is 0 Å². The van der Waals surface area contributed by atoms with Gasteiger partial charge in [0.2, 0.25) is 0 Å². The van der Waals surface area contributed by atoms with E-state index in [4.69, 9.17) is 16.2 Å². The molecule has 4 N–H and O–H groups in total. The summed E-state index contributed by atoms with van der Waals surface area (Å²) in [5.41, 5.74) is 13.7. The molecule has 180 valence electrons. The molecule has 1 aliphatic rings. The molecule has 7 heteroatoms. The monoisotopic (exact) mass is 461 g/mol. The molecule has 2 aromatic carbocycles. The van der Waals surface area contributed by atoms with Gasteiger partial charge in [-0.1, -0.05) is 73.6 Å². The lowest BCUT2D eigenvalue weighted by Crippen LogP contribution is -2.30. The van der Waals surface area contributed by atoms with Gasteiger partial charge >= 0.3 is 0 Å². The maximum Gasteiger partial charge on any atom is 0.283 e. The first-order chi connectivity index (χ1) is 15.5. The van der Waals surface area contributed by atoms with Crippen LogP contribution in [-0.2, 0) is 16.2 Å². The van der Waals surface area contributed by atoms with Gasteiger partial charge in [0.25, 0.3) is 5.91 Å². The highest BCUT2D eigenvalue weighted by atomic mass is 16.5. The second kappa shape index (κ2) is 8.14. The Balaban J connectivity index is 2.43. The van der Waals surface area contributed by atoms with Crippen molar-refractivity contribution in [3.05, 3.63) is 57.6 Å². The van der Waals surface area contributed by atoms with Crippen molar-refractivity contribution in [2.75, 3.05) is 0 Å². The molecule has 1 heterocycles. The van der Waals surface area contributed by atoms with E-state index in [1.807, 2.05) is 26.0 Å². The van der Waals surface area contributed by atoms with Gasteiger partial charge in [0, 0.05) is 16.5 Å². The van der Waals surface area contributed by atoms with Gasteiger partial charge in [-0.15, -0.1) is 0 Å². The summed E-state index contributed by atoms with van der Waals surface area (Å²) in [6, 6.07) is 9.34. The number of rotatable bonds is 2. The van der Waals surface area contributed by atoms with Crippen molar-refractivity contribution in [2.45, 2.75) is 77.7 Å². The number of amides is 1. The lowest BCUT2D eigenvalue weighted by atomic mass is 9.70. The zero-order valence-electron chi connectivity index (χ0n) is 21.2. The maximum atomic E-state index is 13.0. The molecule has 7 nitrogen and oxygen atoms in total. The number of carbonyl (C=O) groups excluding carboxylic acids is 1. The van der Waals surface area contributed by atoms with Crippen molar-refractivity contribution in [1.29, 1.82) is 5.26 Å². The minimum atomic E-state index is -1.64. The van der Waals surface area contributed by atoms with Gasteiger partial charge in [-0.05, 0) is 39.7 Å². The first-order valence-electron chi connectivity index (χ1n) is 11.2. The molecule has 0 saturated heterocycles. The van der Waals surface area contributed by atoms with Gasteiger partial charge in [0.15, 0.2) is 5.96 Å². The van der Waals surface area contributed by atoms with E-state index < -0.39 is 17.4 Å². The highest BCUT2D eigenvalue weighted by Gasteiger charge is 2.40. The molecule has 1 amide bonds. The first kappa shape index (κ1) is 25.3. The van der Waals surface area contributed by atoms with Crippen molar-refractivity contribution in [1.82, 2.24) is 0 Å². The van der Waals surface area contributed by atoms with Crippen molar-refractivity contribution >= 4 is 11.9 Å². The topological polar surface area (TPSA) is 138 Å². The minimum Gasteiger partial charge on any atom is -0.837 e. The summed E-state index contributed by atoms with van der Waals surface area (Å²) in [4.78, 5) is 16.8. The van der Waals surface area contributed by atoms with Crippen molar-refractivity contribution in [2.24, 2.45) is 16.5 Å². The van der Waals surface area contributed by atoms with Gasteiger partial charge in [-0.25, -0.2) is 0 Å². The fourth-order valence-corrected chi connectivity index (χ4v) is 4.15. The average Bonchev–Trinajstić information content (AvgIpc) is 2.70. The van der Waals surface area contributed by atoms with E-state index in [1.54, 1.807) is 18.2 Å². The third-order valence-corrected chi connectivity index (χ3v) is 6.35. The number of hydrogen-bond donors (Lipinski definition) is 2. The van der Waals surface area contributed by atoms with E-state index in [2.05, 4.69) is 46.5 Å². The maximum absolute atomic E-state index is 13.0. The molecule has 1 atom stereocenters. The molecule has 0 aromatic heterocycles. The Morgan fingerprint density at radius 3 is 1.97 bits per heavy atom. The predicted octanol–water partition coefficient (Wildman–Crippen LogP) is 4.05. The van der Waals surface area contributed by atoms with E-state index in [0.717, 1.165) is 22.3 Å². The number of aliphatic imine (C=N–C) groups is 1. The van der Waals surface area contributed by atoms with Crippen molar-refractivity contribution < 1.29 is 14.6 Å². The lowest BCUT2D eigenvalue weighted by Gasteiger charge is -2.39. The zero-order chi connectivity index (χ0) is 25.8. The van der Waals surface area contributed by atoms with Gasteiger partial charge < -0.3 is 21.3 Å². The summed E-state index contributed by atoms with van der Waals surface area (Å²) < 4.78 is 6.31. The molecule has 0 bridgehead atoms. The number of nitrogens with two attached hydrogens (primary N) is 2. The molecule has 1 aliphatic heterocycles. The van der Waals surface area contributed by atoms with E-state index in [-0.39, 0.29) is 27.9 Å². The number of carbonyl (C=O) groups is 1. The Morgan fingerprint density at radius 1 is 1.00 bits per heavy atom. The molecule has 34 heavy (non-hydrogen) atoms. The number of nitriles is 1. The molecule has 0 aliphatic carbocycles. The number of guanidine groups is 1. The van der Waals surface area contributed by atoms with Crippen LogP contribution in [0, 0.1) is 11.3 Å². The van der Waals surface area contributed by atoms with E-state index in [0.29, 0.717) is 11.5 Å². The molecule has 0 fully saturated rings. The molecular weight excluding hydrogens is 428 g/mol. The summed E-state index contributed by atoms with van der Waals surface area (Å²) >= 11 is 0. The van der Waals surface area contributed by atoms with Gasteiger partial charge in [-0.3, -0.25) is 4.79 Å². The largest absolute Gasteiger partial charge is 0.837 e. The minimum absolute atomic E-state index is 0.208. The molecule has 2 aromatic rings. The SMILES string of the molecule is CC(C)(C)c1cc(C(=O)N=C(N)N)c2c(c1)C(C)(C)c1cc(C(C)(C)C)cc(C([O-])C#N)c1O2. The van der Waals surface area contributed by atoms with Crippen LogP contribution in [0.5, 0.6) is 11.5 Å². The van der Waals surface area contributed by atoms with E-state index >= 15 is 0 Å². The third kappa shape index (κ3) is 4.38. The van der Waals surface area contributed by atoms with Gasteiger partial charge in [-0.2, -0.15) is 10.3 Å². The quantitative estimate of drug-likeness (QED) is 0.511. The van der Waals surface area contributed by atoms with E-state index in [9.17, 15) is 15.2 Å². The second-order valence-corrected chi connectivity index (χ2v) is 11.4. The molecule has 1 unspecified atom stereocenters. The highest BCUT2D eigenvalue weighted by molar-refractivity contribution is 6.04. The summed E-state index contributed by atoms with van der Waals surface area (Å²) in [5.74, 6) is -0.367. The molecule has 0 spiro atoms. The Bertz CT molecular complexity index is 1230. The molecule has 3 rings (SSSR count). The van der Waals surface area contributed by atoms with Crippen LogP contribution in [-0.4, -0.2) is 11.9 Å². The van der Waals surface area contributed by atoms with E-state index in [1.165, 1.54) is 0 Å². The van der Waals surface area contributed by atoms with Crippen LogP contribution in [0.15, 0.2) is 29.3 Å². The number of nitrogens with zero attached hydrogens (tertiary/aromatic N) is 2. The Labute approximate surface area is 201 Å². The number of fused-ring (bicyclic) bond motifs is 2. The first-order valence-corrected chi connectivity index (χ1v) is 11.2. The predicted molar refractivity (Wildman–Crippen MR) is 131 cm³/mol. The third-order valence-electron chi connectivity index (χ3n) is 6.35. The van der Waals surface area contributed by atoms with Gasteiger partial charge in [0.1, 0.15) is 11.5 Å². The fraction of sp³-hybridized carbons (Fsp3) is 0.444. The Hall–Kier alpha value is -3.37. The summed E-state index contributed by atoms with van der Waals surface area (Å²) in [7, 11) is 0. The lowest BCUT2D eigenvalue weighted by molar-refractivity contribution is -0.406. The highest BCUT2D eigenvalue weighted by Crippen LogP contribution is 2.53. The average molecular weight is 462 g/mol. The smallest absolute Gasteiger partial charge is 0.283 e.